The number of rotatable bonds is 2. The molecule has 0 aromatic heterocycles. The van der Waals surface area contributed by atoms with Gasteiger partial charge >= 0.3 is 6.02 Å². The molecule has 1 heterocycles. The Morgan fingerprint density at radius 1 is 1.09 bits per heavy atom. The van der Waals surface area contributed by atoms with Gasteiger partial charge in [-0.1, -0.05) is 36.4 Å². The first kappa shape index (κ1) is 14.3. The van der Waals surface area contributed by atoms with E-state index < -0.39 is 10.0 Å². The van der Waals surface area contributed by atoms with E-state index in [0.717, 1.165) is 11.1 Å². The number of nitrogens with zero attached hydrogens (tertiary/aromatic N) is 1. The molecule has 0 unspecified atom stereocenters. The Hall–Kier alpha value is -2.60. The van der Waals surface area contributed by atoms with E-state index in [1.807, 2.05) is 25.1 Å². The van der Waals surface area contributed by atoms with E-state index in [9.17, 15) is 8.42 Å². The van der Waals surface area contributed by atoms with Gasteiger partial charge < -0.3 is 10.1 Å². The van der Waals surface area contributed by atoms with Crippen LogP contribution in [0.25, 0.3) is 5.76 Å². The number of amidine groups is 1. The standard InChI is InChI=1S/C16H14N2O3S/c1-11-7-9-13(10-8-11)22(19,20)18-16-17-15-6-4-3-5-14(15)12(2)21-16/h3-10H,2H2,1H3,(H,17,18). The Balaban J connectivity index is 1.96. The molecule has 22 heavy (non-hydrogen) atoms. The fraction of sp³-hybridized carbons (Fsp3) is 0.0625. The lowest BCUT2D eigenvalue weighted by Crippen LogP contribution is -2.22. The number of ether oxygens (including phenoxy) is 1. The van der Waals surface area contributed by atoms with Crippen LogP contribution in [0, 0.1) is 6.92 Å². The van der Waals surface area contributed by atoms with E-state index in [0.29, 0.717) is 11.4 Å². The number of hydrogen-bond acceptors (Lipinski definition) is 3. The first-order chi connectivity index (χ1) is 10.5. The molecule has 0 saturated heterocycles. The molecule has 0 fully saturated rings. The number of anilines is 1. The van der Waals surface area contributed by atoms with Crippen molar-refractivity contribution >= 4 is 27.5 Å². The summed E-state index contributed by atoms with van der Waals surface area (Å²) in [6.45, 7) is 5.67. The van der Waals surface area contributed by atoms with Gasteiger partial charge in [0.1, 0.15) is 5.76 Å². The average molecular weight is 314 g/mol. The summed E-state index contributed by atoms with van der Waals surface area (Å²) in [5.41, 5.74) is 2.45. The van der Waals surface area contributed by atoms with Crippen molar-refractivity contribution in [2.45, 2.75) is 11.8 Å². The molecule has 2 aromatic carbocycles. The summed E-state index contributed by atoms with van der Waals surface area (Å²) in [6.07, 6.45) is 0. The van der Waals surface area contributed by atoms with Gasteiger partial charge in [-0.25, -0.2) is 0 Å². The number of hydrogen-bond donors (Lipinski definition) is 1. The fourth-order valence-electron chi connectivity index (χ4n) is 2.06. The number of sulfonamides is 1. The topological polar surface area (TPSA) is 67.8 Å². The SMILES string of the molecule is C=C1O/C(=N\S(=O)(=O)c2ccc(C)cc2)Nc2ccccc21. The van der Waals surface area contributed by atoms with Crippen molar-refractivity contribution in [3.63, 3.8) is 0 Å². The number of aryl methyl sites for hydroxylation is 1. The van der Waals surface area contributed by atoms with Crippen LogP contribution < -0.4 is 5.32 Å². The summed E-state index contributed by atoms with van der Waals surface area (Å²) in [5.74, 6) is 0.354. The first-order valence-electron chi connectivity index (χ1n) is 6.60. The molecule has 0 spiro atoms. The summed E-state index contributed by atoms with van der Waals surface area (Å²) in [6, 6.07) is 13.7. The Kier molecular flexibility index (Phi) is 3.46. The van der Waals surface area contributed by atoms with Gasteiger partial charge in [-0.2, -0.15) is 8.42 Å². The summed E-state index contributed by atoms with van der Waals surface area (Å²) in [7, 11) is -3.84. The van der Waals surface area contributed by atoms with Crippen molar-refractivity contribution in [3.05, 3.63) is 66.2 Å². The molecule has 0 amide bonds. The van der Waals surface area contributed by atoms with Crippen LogP contribution in [-0.2, 0) is 14.8 Å². The lowest BCUT2D eigenvalue weighted by molar-refractivity contribution is 0.501. The van der Waals surface area contributed by atoms with E-state index in [1.165, 1.54) is 12.1 Å². The predicted molar refractivity (Wildman–Crippen MR) is 86.0 cm³/mol. The van der Waals surface area contributed by atoms with E-state index in [4.69, 9.17) is 4.74 Å². The van der Waals surface area contributed by atoms with E-state index in [-0.39, 0.29) is 10.9 Å². The molecule has 1 N–H and O–H groups in total. The van der Waals surface area contributed by atoms with Gasteiger partial charge in [0.05, 0.1) is 10.6 Å². The predicted octanol–water partition coefficient (Wildman–Crippen LogP) is 3.15. The third-order valence-electron chi connectivity index (χ3n) is 3.21. The molecule has 0 radical (unpaired) electrons. The fourth-order valence-corrected chi connectivity index (χ4v) is 2.95. The van der Waals surface area contributed by atoms with E-state index in [2.05, 4.69) is 16.3 Å². The Morgan fingerprint density at radius 3 is 2.50 bits per heavy atom. The van der Waals surface area contributed by atoms with Crippen LogP contribution in [0.15, 0.2) is 64.4 Å². The van der Waals surface area contributed by atoms with Crippen molar-refractivity contribution in [1.29, 1.82) is 0 Å². The first-order valence-corrected chi connectivity index (χ1v) is 8.04. The van der Waals surface area contributed by atoms with Gasteiger partial charge in [0.15, 0.2) is 0 Å². The Morgan fingerprint density at radius 2 is 1.77 bits per heavy atom. The summed E-state index contributed by atoms with van der Waals surface area (Å²) >= 11 is 0. The zero-order valence-corrected chi connectivity index (χ0v) is 12.7. The molecule has 3 rings (SSSR count). The maximum Gasteiger partial charge on any atom is 0.311 e. The van der Waals surface area contributed by atoms with Crippen LogP contribution in [0.5, 0.6) is 0 Å². The molecule has 0 atom stereocenters. The minimum absolute atomic E-state index is 0.107. The monoisotopic (exact) mass is 314 g/mol. The highest BCUT2D eigenvalue weighted by molar-refractivity contribution is 7.90. The molecule has 0 aliphatic carbocycles. The summed E-state index contributed by atoms with van der Waals surface area (Å²) < 4.78 is 33.7. The third-order valence-corrected chi connectivity index (χ3v) is 4.48. The zero-order chi connectivity index (χ0) is 15.7. The quantitative estimate of drug-likeness (QED) is 0.924. The van der Waals surface area contributed by atoms with Crippen molar-refractivity contribution < 1.29 is 13.2 Å². The molecule has 6 heteroatoms. The van der Waals surface area contributed by atoms with Gasteiger partial charge in [0, 0.05) is 5.56 Å². The van der Waals surface area contributed by atoms with Crippen LogP contribution in [0.4, 0.5) is 5.69 Å². The van der Waals surface area contributed by atoms with Crippen LogP contribution in [0.1, 0.15) is 11.1 Å². The molecule has 112 valence electrons. The maximum absolute atomic E-state index is 12.3. The second-order valence-corrected chi connectivity index (χ2v) is 6.48. The lowest BCUT2D eigenvalue weighted by atomic mass is 10.1. The second-order valence-electron chi connectivity index (χ2n) is 4.88. The van der Waals surface area contributed by atoms with E-state index in [1.54, 1.807) is 18.2 Å². The minimum Gasteiger partial charge on any atom is -0.425 e. The van der Waals surface area contributed by atoms with Crippen LogP contribution in [0.2, 0.25) is 0 Å². The van der Waals surface area contributed by atoms with Crippen molar-refractivity contribution in [3.8, 4) is 0 Å². The molecular weight excluding hydrogens is 300 g/mol. The maximum atomic E-state index is 12.3. The Labute approximate surface area is 129 Å². The van der Waals surface area contributed by atoms with Crippen LogP contribution in [-0.4, -0.2) is 14.4 Å². The molecule has 0 saturated carbocycles. The van der Waals surface area contributed by atoms with Crippen molar-refractivity contribution in [2.24, 2.45) is 4.40 Å². The Bertz CT molecular complexity index is 869. The van der Waals surface area contributed by atoms with Gasteiger partial charge in [-0.15, -0.1) is 4.40 Å². The van der Waals surface area contributed by atoms with Gasteiger partial charge in [-0.3, -0.25) is 0 Å². The van der Waals surface area contributed by atoms with Crippen molar-refractivity contribution in [1.82, 2.24) is 0 Å². The molecule has 5 nitrogen and oxygen atoms in total. The van der Waals surface area contributed by atoms with Crippen molar-refractivity contribution in [2.75, 3.05) is 5.32 Å². The van der Waals surface area contributed by atoms with E-state index >= 15 is 0 Å². The highest BCUT2D eigenvalue weighted by atomic mass is 32.2. The van der Waals surface area contributed by atoms with Crippen LogP contribution >= 0.6 is 0 Å². The largest absolute Gasteiger partial charge is 0.425 e. The molecule has 2 aromatic rings. The average Bonchev–Trinajstić information content (AvgIpc) is 2.47. The summed E-state index contributed by atoms with van der Waals surface area (Å²) in [4.78, 5) is 0.112. The second kappa shape index (κ2) is 5.31. The minimum atomic E-state index is -3.84. The highest BCUT2D eigenvalue weighted by Crippen LogP contribution is 2.28. The number of benzene rings is 2. The molecular formula is C16H14N2O3S. The highest BCUT2D eigenvalue weighted by Gasteiger charge is 2.21. The summed E-state index contributed by atoms with van der Waals surface area (Å²) in [5, 5.41) is 2.85. The number of fused-ring (bicyclic) bond motifs is 1. The van der Waals surface area contributed by atoms with Gasteiger partial charge in [0.2, 0.25) is 0 Å². The smallest absolute Gasteiger partial charge is 0.311 e. The molecule has 0 bridgehead atoms. The zero-order valence-electron chi connectivity index (χ0n) is 11.9. The lowest BCUT2D eigenvalue weighted by Gasteiger charge is -2.21. The molecule has 1 aliphatic heterocycles. The van der Waals surface area contributed by atoms with Gasteiger partial charge in [0.25, 0.3) is 10.0 Å². The normalized spacial score (nSPS) is 15.9. The third kappa shape index (κ3) is 2.73. The molecule has 1 aliphatic rings. The van der Waals surface area contributed by atoms with Crippen LogP contribution in [0.3, 0.4) is 0 Å². The number of nitrogens with one attached hydrogen (secondary N) is 1. The van der Waals surface area contributed by atoms with Gasteiger partial charge in [-0.05, 0) is 31.2 Å². The number of para-hydroxylation sites is 1.